The molecule has 1 N–H and O–H groups in total. The maximum atomic E-state index is 12.3. The molecule has 5 nitrogen and oxygen atoms in total. The lowest BCUT2D eigenvalue weighted by Crippen LogP contribution is -2.13. The zero-order valence-electron chi connectivity index (χ0n) is 12.2. The molecule has 0 saturated carbocycles. The highest BCUT2D eigenvalue weighted by Crippen LogP contribution is 2.36. The number of para-hydroxylation sites is 1. The van der Waals surface area contributed by atoms with Crippen LogP contribution in [0.5, 0.6) is 11.5 Å². The first-order chi connectivity index (χ1) is 11.6. The number of carbonyl (C=O) groups excluding carboxylic acids is 1. The largest absolute Gasteiger partial charge is 0.454 e. The van der Waals surface area contributed by atoms with Gasteiger partial charge in [-0.05, 0) is 30.3 Å². The normalized spacial score (nSPS) is 12.6. The molecule has 2 aromatic carbocycles. The maximum Gasteiger partial charge on any atom is 0.266 e. The molecule has 0 saturated heterocycles. The van der Waals surface area contributed by atoms with Crippen LogP contribution in [0, 0.1) is 11.3 Å². The average molecular weight is 361 g/mol. The van der Waals surface area contributed by atoms with Crippen molar-refractivity contribution in [2.24, 2.45) is 0 Å². The average Bonchev–Trinajstić information content (AvgIpc) is 3.05. The second-order valence-corrected chi connectivity index (χ2v) is 5.67. The van der Waals surface area contributed by atoms with E-state index < -0.39 is 5.91 Å². The summed E-state index contributed by atoms with van der Waals surface area (Å²) < 4.78 is 10.6. The quantitative estimate of drug-likeness (QED) is 0.655. The molecule has 0 radical (unpaired) electrons. The highest BCUT2D eigenvalue weighted by molar-refractivity contribution is 6.36. The Bertz CT molecular complexity index is 888. The van der Waals surface area contributed by atoms with Crippen LogP contribution in [0.15, 0.2) is 42.0 Å². The van der Waals surface area contributed by atoms with Crippen molar-refractivity contribution >= 4 is 40.9 Å². The Morgan fingerprint density at radius 2 is 2.08 bits per heavy atom. The fraction of sp³-hybridized carbons (Fsp3) is 0.0588. The Morgan fingerprint density at radius 1 is 1.25 bits per heavy atom. The third kappa shape index (κ3) is 3.30. The molecule has 0 aromatic heterocycles. The lowest BCUT2D eigenvalue weighted by atomic mass is 10.1. The fourth-order valence-electron chi connectivity index (χ4n) is 2.15. The molecule has 120 valence electrons. The van der Waals surface area contributed by atoms with Gasteiger partial charge in [0, 0.05) is 10.6 Å². The van der Waals surface area contributed by atoms with Crippen LogP contribution in [0.1, 0.15) is 5.56 Å². The third-order valence-corrected chi connectivity index (χ3v) is 3.83. The van der Waals surface area contributed by atoms with E-state index in [1.807, 2.05) is 6.07 Å². The van der Waals surface area contributed by atoms with E-state index in [9.17, 15) is 10.1 Å². The molecule has 0 aliphatic carbocycles. The summed E-state index contributed by atoms with van der Waals surface area (Å²) in [4.78, 5) is 12.3. The van der Waals surface area contributed by atoms with Crippen LogP contribution in [0.2, 0.25) is 10.0 Å². The number of amides is 1. The molecule has 1 amide bonds. The van der Waals surface area contributed by atoms with Gasteiger partial charge in [0.2, 0.25) is 6.79 Å². The molecule has 1 aliphatic rings. The second kappa shape index (κ2) is 6.83. The molecule has 2 aromatic rings. The second-order valence-electron chi connectivity index (χ2n) is 4.83. The van der Waals surface area contributed by atoms with E-state index >= 15 is 0 Å². The number of ether oxygens (including phenoxy) is 2. The summed E-state index contributed by atoms with van der Waals surface area (Å²) in [7, 11) is 0. The predicted molar refractivity (Wildman–Crippen MR) is 91.2 cm³/mol. The molecule has 1 heterocycles. The highest BCUT2D eigenvalue weighted by atomic mass is 35.5. The third-order valence-electron chi connectivity index (χ3n) is 3.27. The number of anilines is 1. The van der Waals surface area contributed by atoms with Crippen LogP contribution in [0.25, 0.3) is 6.08 Å². The molecular weight excluding hydrogens is 351 g/mol. The van der Waals surface area contributed by atoms with E-state index in [1.165, 1.54) is 12.1 Å². The number of hydrogen-bond donors (Lipinski definition) is 1. The predicted octanol–water partition coefficient (Wildman–Crippen LogP) is 4.27. The summed E-state index contributed by atoms with van der Waals surface area (Å²) in [6, 6.07) is 11.8. The number of carbonyl (C=O) groups is 1. The van der Waals surface area contributed by atoms with E-state index in [4.69, 9.17) is 32.7 Å². The van der Waals surface area contributed by atoms with Crippen molar-refractivity contribution in [1.29, 1.82) is 5.26 Å². The van der Waals surface area contributed by atoms with Crippen LogP contribution >= 0.6 is 23.2 Å². The van der Waals surface area contributed by atoms with Gasteiger partial charge in [-0.15, -0.1) is 0 Å². The molecule has 0 spiro atoms. The first-order valence-electron chi connectivity index (χ1n) is 6.85. The minimum atomic E-state index is -0.599. The number of benzene rings is 2. The Morgan fingerprint density at radius 3 is 2.88 bits per heavy atom. The van der Waals surface area contributed by atoms with Crippen LogP contribution in [0.4, 0.5) is 5.69 Å². The standard InChI is InChI=1S/C17H10Cl2N2O3/c18-12-4-5-13(19)14(7-12)21-17(22)11(8-20)6-10-2-1-3-15-16(10)24-9-23-15/h1-7H,9H2,(H,21,22)/b11-6+. The smallest absolute Gasteiger partial charge is 0.266 e. The lowest BCUT2D eigenvalue weighted by molar-refractivity contribution is -0.112. The van der Waals surface area contributed by atoms with E-state index in [1.54, 1.807) is 30.3 Å². The zero-order valence-corrected chi connectivity index (χ0v) is 13.7. The van der Waals surface area contributed by atoms with Gasteiger partial charge in [-0.1, -0.05) is 35.3 Å². The lowest BCUT2D eigenvalue weighted by Gasteiger charge is -2.07. The van der Waals surface area contributed by atoms with Gasteiger partial charge in [0.25, 0.3) is 5.91 Å². The number of halogens is 2. The van der Waals surface area contributed by atoms with Crippen LogP contribution in [-0.4, -0.2) is 12.7 Å². The summed E-state index contributed by atoms with van der Waals surface area (Å²) in [6.07, 6.45) is 1.43. The molecular formula is C17H10Cl2N2O3. The van der Waals surface area contributed by atoms with E-state index in [0.29, 0.717) is 32.8 Å². The summed E-state index contributed by atoms with van der Waals surface area (Å²) in [5, 5.41) is 12.6. The minimum absolute atomic E-state index is 0.102. The van der Waals surface area contributed by atoms with Crippen LogP contribution in [-0.2, 0) is 4.79 Å². The van der Waals surface area contributed by atoms with Crippen molar-refractivity contribution in [2.45, 2.75) is 0 Å². The number of nitriles is 1. The van der Waals surface area contributed by atoms with Gasteiger partial charge in [0.05, 0.1) is 10.7 Å². The molecule has 0 atom stereocenters. The Hall–Kier alpha value is -2.68. The Kier molecular flexibility index (Phi) is 4.61. The van der Waals surface area contributed by atoms with Crippen molar-refractivity contribution in [3.05, 3.63) is 57.6 Å². The van der Waals surface area contributed by atoms with Gasteiger partial charge in [-0.25, -0.2) is 0 Å². The number of nitrogens with one attached hydrogen (secondary N) is 1. The first kappa shape index (κ1) is 16.2. The zero-order chi connectivity index (χ0) is 17.1. The molecule has 3 rings (SSSR count). The monoisotopic (exact) mass is 360 g/mol. The summed E-state index contributed by atoms with van der Waals surface area (Å²) >= 11 is 11.9. The highest BCUT2D eigenvalue weighted by Gasteiger charge is 2.18. The fourth-order valence-corrected chi connectivity index (χ4v) is 2.49. The maximum absolute atomic E-state index is 12.3. The van der Waals surface area contributed by atoms with E-state index in [2.05, 4.69) is 5.32 Å². The summed E-state index contributed by atoms with van der Waals surface area (Å²) in [6.45, 7) is 0.104. The van der Waals surface area contributed by atoms with Gasteiger partial charge in [-0.2, -0.15) is 5.26 Å². The molecule has 24 heavy (non-hydrogen) atoms. The SMILES string of the molecule is N#C/C(=C\c1cccc2c1OCO2)C(=O)Nc1cc(Cl)ccc1Cl. The number of rotatable bonds is 3. The van der Waals surface area contributed by atoms with Gasteiger partial charge in [0.15, 0.2) is 11.5 Å². The van der Waals surface area contributed by atoms with Crippen LogP contribution < -0.4 is 14.8 Å². The molecule has 0 bridgehead atoms. The van der Waals surface area contributed by atoms with Gasteiger partial charge >= 0.3 is 0 Å². The van der Waals surface area contributed by atoms with E-state index in [0.717, 1.165) is 0 Å². The van der Waals surface area contributed by atoms with Gasteiger partial charge < -0.3 is 14.8 Å². The molecule has 7 heteroatoms. The molecule has 1 aliphatic heterocycles. The molecule has 0 fully saturated rings. The van der Waals surface area contributed by atoms with Crippen molar-refractivity contribution in [1.82, 2.24) is 0 Å². The number of fused-ring (bicyclic) bond motifs is 1. The van der Waals surface area contributed by atoms with E-state index in [-0.39, 0.29) is 12.4 Å². The van der Waals surface area contributed by atoms with Crippen LogP contribution in [0.3, 0.4) is 0 Å². The number of hydrogen-bond acceptors (Lipinski definition) is 4. The van der Waals surface area contributed by atoms with Crippen molar-refractivity contribution in [2.75, 3.05) is 12.1 Å². The van der Waals surface area contributed by atoms with Gasteiger partial charge in [0.1, 0.15) is 11.6 Å². The topological polar surface area (TPSA) is 71.3 Å². The first-order valence-corrected chi connectivity index (χ1v) is 7.61. The van der Waals surface area contributed by atoms with Gasteiger partial charge in [-0.3, -0.25) is 4.79 Å². The van der Waals surface area contributed by atoms with Crippen molar-refractivity contribution in [3.8, 4) is 17.6 Å². The van der Waals surface area contributed by atoms with Crippen molar-refractivity contribution in [3.63, 3.8) is 0 Å². The summed E-state index contributed by atoms with van der Waals surface area (Å²) in [5.41, 5.74) is 0.803. The Balaban J connectivity index is 1.89. The molecule has 0 unspecified atom stereocenters. The Labute approximate surface area is 148 Å². The summed E-state index contributed by atoms with van der Waals surface area (Å²) in [5.74, 6) is 0.469. The number of nitrogens with zero attached hydrogens (tertiary/aromatic N) is 1. The minimum Gasteiger partial charge on any atom is -0.454 e. The van der Waals surface area contributed by atoms with Crippen molar-refractivity contribution < 1.29 is 14.3 Å².